The number of benzene rings is 1. The van der Waals surface area contributed by atoms with Crippen LogP contribution in [-0.4, -0.2) is 23.1 Å². The van der Waals surface area contributed by atoms with Crippen LogP contribution in [0.5, 0.6) is 0 Å². The van der Waals surface area contributed by atoms with Crippen molar-refractivity contribution < 1.29 is 0 Å². The van der Waals surface area contributed by atoms with Gasteiger partial charge in [0.15, 0.2) is 0 Å². The molecule has 50 valence electrons. The molecule has 0 heterocycles. The van der Waals surface area contributed by atoms with Gasteiger partial charge >= 0.3 is 0 Å². The number of halogens is 2. The summed E-state index contributed by atoms with van der Waals surface area (Å²) in [4.78, 5) is 0. The molecule has 2 radical (unpaired) electrons. The molecule has 0 aliphatic carbocycles. The van der Waals surface area contributed by atoms with Gasteiger partial charge in [-0.1, -0.05) is 23.7 Å². The summed E-state index contributed by atoms with van der Waals surface area (Å²) in [6, 6.07) is 7.52. The van der Waals surface area contributed by atoms with E-state index in [-0.39, 0.29) is 23.1 Å². The van der Waals surface area contributed by atoms with Crippen molar-refractivity contribution in [2.24, 2.45) is 0 Å². The lowest BCUT2D eigenvalue weighted by atomic mass is 10.2. The fourth-order valence-corrected chi connectivity index (χ4v) is 0.999. The molecule has 1 aromatic rings. The summed E-state index contributed by atoms with van der Waals surface area (Å²) < 4.78 is 0. The molecule has 0 spiro atoms. The molecule has 1 rings (SSSR count). The van der Waals surface area contributed by atoms with Gasteiger partial charge in [0.05, 0.1) is 0 Å². The van der Waals surface area contributed by atoms with Crippen LogP contribution in [0, 0.1) is 0 Å². The van der Waals surface area contributed by atoms with Gasteiger partial charge in [0, 0.05) is 34.0 Å². The van der Waals surface area contributed by atoms with E-state index in [9.17, 15) is 0 Å². The predicted octanol–water partition coefficient (Wildman–Crippen LogP) is 2.70. The van der Waals surface area contributed by atoms with Gasteiger partial charge in [0.25, 0.3) is 0 Å². The van der Waals surface area contributed by atoms with Gasteiger partial charge in [-0.05, 0) is 17.7 Å². The van der Waals surface area contributed by atoms with Crippen molar-refractivity contribution in [1.82, 2.24) is 0 Å². The highest BCUT2D eigenvalue weighted by molar-refractivity contribution is 6.30. The van der Waals surface area contributed by atoms with E-state index in [1.807, 2.05) is 24.3 Å². The van der Waals surface area contributed by atoms with Gasteiger partial charge in [0.2, 0.25) is 0 Å². The zero-order valence-corrected chi connectivity index (χ0v) is 8.41. The van der Waals surface area contributed by atoms with Crippen LogP contribution in [0.25, 0.3) is 0 Å². The average Bonchev–Trinajstić information content (AvgIpc) is 1.88. The molecule has 0 saturated carbocycles. The van der Waals surface area contributed by atoms with Crippen molar-refractivity contribution in [2.75, 3.05) is 0 Å². The molecule has 0 amide bonds. The topological polar surface area (TPSA) is 0 Å². The first-order valence-electron chi connectivity index (χ1n) is 2.63. The number of hydrogen-bond acceptors (Lipinski definition) is 0. The minimum Gasteiger partial charge on any atom is -0.122 e. The van der Waals surface area contributed by atoms with Crippen LogP contribution in [0.4, 0.5) is 0 Å². The van der Waals surface area contributed by atoms with Crippen molar-refractivity contribution in [3.8, 4) is 0 Å². The Morgan fingerprint density at radius 2 is 2.00 bits per heavy atom. The molecule has 0 atom stereocenters. The van der Waals surface area contributed by atoms with Gasteiger partial charge in [-0.15, -0.1) is 11.6 Å². The SMILES string of the molecule is ClCc1cccc(Cl)c1.[Mg]. The van der Waals surface area contributed by atoms with Crippen LogP contribution in [0.2, 0.25) is 5.02 Å². The van der Waals surface area contributed by atoms with Gasteiger partial charge in [0.1, 0.15) is 0 Å². The smallest absolute Gasteiger partial charge is 0.0474 e. The van der Waals surface area contributed by atoms with Crippen molar-refractivity contribution in [1.29, 1.82) is 0 Å². The van der Waals surface area contributed by atoms with Gasteiger partial charge in [-0.3, -0.25) is 0 Å². The van der Waals surface area contributed by atoms with E-state index in [0.717, 1.165) is 10.6 Å². The minimum atomic E-state index is 0. The summed E-state index contributed by atoms with van der Waals surface area (Å²) in [7, 11) is 0. The maximum absolute atomic E-state index is 5.66. The third-order valence-electron chi connectivity index (χ3n) is 1.04. The Bertz CT molecular complexity index is 201. The number of hydrogen-bond donors (Lipinski definition) is 0. The summed E-state index contributed by atoms with van der Waals surface area (Å²) in [5.74, 6) is 0.528. The van der Waals surface area contributed by atoms with Crippen molar-refractivity contribution >= 4 is 46.3 Å². The van der Waals surface area contributed by atoms with Crippen molar-refractivity contribution in [3.05, 3.63) is 34.9 Å². The first-order chi connectivity index (χ1) is 4.33. The lowest BCUT2D eigenvalue weighted by Crippen LogP contribution is -1.73. The highest BCUT2D eigenvalue weighted by Crippen LogP contribution is 2.11. The summed E-state index contributed by atoms with van der Waals surface area (Å²) in [6.45, 7) is 0. The molecule has 0 unspecified atom stereocenters. The first kappa shape index (κ1) is 10.6. The Kier molecular flexibility index (Phi) is 5.54. The Balaban J connectivity index is 0.000000810. The van der Waals surface area contributed by atoms with Crippen LogP contribution in [-0.2, 0) is 5.88 Å². The van der Waals surface area contributed by atoms with Gasteiger partial charge in [-0.25, -0.2) is 0 Å². The lowest BCUT2D eigenvalue weighted by Gasteiger charge is -1.92. The maximum Gasteiger partial charge on any atom is 0.0474 e. The molecule has 0 bridgehead atoms. The Morgan fingerprint density at radius 1 is 1.30 bits per heavy atom. The van der Waals surface area contributed by atoms with E-state index < -0.39 is 0 Å². The summed E-state index contributed by atoms with van der Waals surface area (Å²) in [5.41, 5.74) is 1.06. The summed E-state index contributed by atoms with van der Waals surface area (Å²) in [5, 5.41) is 0.744. The minimum absolute atomic E-state index is 0. The second kappa shape index (κ2) is 5.25. The van der Waals surface area contributed by atoms with Crippen LogP contribution in [0.15, 0.2) is 24.3 Å². The second-order valence-corrected chi connectivity index (χ2v) is 2.47. The van der Waals surface area contributed by atoms with E-state index in [4.69, 9.17) is 23.2 Å². The summed E-state index contributed by atoms with van der Waals surface area (Å²) >= 11 is 11.2. The molecular weight excluding hydrogens is 179 g/mol. The zero-order chi connectivity index (χ0) is 6.69. The molecule has 3 heteroatoms. The third-order valence-corrected chi connectivity index (χ3v) is 1.59. The van der Waals surface area contributed by atoms with Gasteiger partial charge in [-0.2, -0.15) is 0 Å². The van der Waals surface area contributed by atoms with Crippen LogP contribution >= 0.6 is 23.2 Å². The average molecular weight is 185 g/mol. The van der Waals surface area contributed by atoms with Crippen molar-refractivity contribution in [2.45, 2.75) is 5.88 Å². The molecule has 0 nitrogen and oxygen atoms in total. The second-order valence-electron chi connectivity index (χ2n) is 1.76. The third kappa shape index (κ3) is 3.11. The molecule has 0 aromatic heterocycles. The van der Waals surface area contributed by atoms with Crippen LogP contribution in [0.1, 0.15) is 5.56 Å². The normalized spacial score (nSPS) is 8.60. The number of rotatable bonds is 1. The van der Waals surface area contributed by atoms with Crippen LogP contribution < -0.4 is 0 Å². The number of alkyl halides is 1. The zero-order valence-electron chi connectivity index (χ0n) is 5.48. The maximum atomic E-state index is 5.66. The highest BCUT2D eigenvalue weighted by Gasteiger charge is 1.88. The predicted molar refractivity (Wildman–Crippen MR) is 46.8 cm³/mol. The van der Waals surface area contributed by atoms with E-state index in [1.165, 1.54) is 0 Å². The standard InChI is InChI=1S/C7H6Cl2.Mg/c8-5-6-2-1-3-7(9)4-6;/h1-4H,5H2;. The van der Waals surface area contributed by atoms with E-state index in [2.05, 4.69) is 0 Å². The molecular formula is C7H6Cl2Mg. The molecule has 0 aliphatic heterocycles. The van der Waals surface area contributed by atoms with Crippen molar-refractivity contribution in [3.63, 3.8) is 0 Å². The van der Waals surface area contributed by atoms with Crippen LogP contribution in [0.3, 0.4) is 0 Å². The fraction of sp³-hybridized carbons (Fsp3) is 0.143. The first-order valence-corrected chi connectivity index (χ1v) is 3.54. The summed E-state index contributed by atoms with van der Waals surface area (Å²) in [6.07, 6.45) is 0. The molecule has 0 fully saturated rings. The fourth-order valence-electron chi connectivity index (χ4n) is 0.620. The quantitative estimate of drug-likeness (QED) is 0.466. The van der Waals surface area contributed by atoms with E-state index >= 15 is 0 Å². The Hall–Kier alpha value is 0.566. The monoisotopic (exact) mass is 184 g/mol. The van der Waals surface area contributed by atoms with E-state index in [0.29, 0.717) is 5.88 Å². The van der Waals surface area contributed by atoms with E-state index in [1.54, 1.807) is 0 Å². The van der Waals surface area contributed by atoms with Gasteiger partial charge < -0.3 is 0 Å². The molecule has 1 aromatic carbocycles. The largest absolute Gasteiger partial charge is 0.122 e. The Morgan fingerprint density at radius 3 is 2.40 bits per heavy atom. The molecule has 0 aliphatic rings. The molecule has 0 saturated heterocycles. The molecule has 10 heavy (non-hydrogen) atoms. The molecule has 0 N–H and O–H groups in total. The Labute approximate surface area is 86.7 Å². The highest BCUT2D eigenvalue weighted by atomic mass is 35.5. The lowest BCUT2D eigenvalue weighted by molar-refractivity contribution is 1.40.